The first-order valence-corrected chi connectivity index (χ1v) is 10.2. The summed E-state index contributed by atoms with van der Waals surface area (Å²) >= 11 is 0. The van der Waals surface area contributed by atoms with Crippen molar-refractivity contribution < 1.29 is 9.84 Å². The number of β-amino-alcohol motifs (C(OH)–C–C–N with tert-alkyl or cyclic N) is 1. The van der Waals surface area contributed by atoms with Crippen LogP contribution in [0.25, 0.3) is 0 Å². The maximum absolute atomic E-state index is 10.4. The quantitative estimate of drug-likeness (QED) is 0.817. The monoisotopic (exact) mass is 366 g/mol. The Hall–Kier alpha value is -1.88. The minimum Gasteiger partial charge on any atom is -0.491 e. The van der Waals surface area contributed by atoms with Gasteiger partial charge in [-0.25, -0.2) is 0 Å². The lowest BCUT2D eigenvalue weighted by Gasteiger charge is -2.30. The number of benzene rings is 2. The minimum atomic E-state index is -0.475. The normalized spacial score (nSPS) is 19.0. The van der Waals surface area contributed by atoms with Gasteiger partial charge in [0, 0.05) is 26.2 Å². The molecule has 1 unspecified atom stereocenters. The Balaban J connectivity index is 1.25. The number of aliphatic hydroxyl groups excluding tert-OH is 1. The van der Waals surface area contributed by atoms with Crippen LogP contribution in [-0.2, 0) is 19.5 Å². The van der Waals surface area contributed by atoms with Crippen LogP contribution in [0.2, 0.25) is 0 Å². The highest BCUT2D eigenvalue weighted by Gasteiger charge is 2.19. The molecule has 0 amide bonds. The standard InChI is InChI=1S/C23H30N2O2/c26-22(17-25-13-10-20-7-1-2-8-21(20)16-25)18-27-23-9-5-6-19(14-23)15-24-11-3-4-12-24/h1-2,5-9,14,22,26H,3-4,10-13,15-18H2. The zero-order valence-corrected chi connectivity index (χ0v) is 16.0. The van der Waals surface area contributed by atoms with Crippen LogP contribution in [0.1, 0.15) is 29.5 Å². The summed E-state index contributed by atoms with van der Waals surface area (Å²) < 4.78 is 5.89. The average Bonchev–Trinajstić information content (AvgIpc) is 3.20. The second-order valence-electron chi connectivity index (χ2n) is 7.85. The van der Waals surface area contributed by atoms with Gasteiger partial charge in [-0.1, -0.05) is 36.4 Å². The molecule has 0 radical (unpaired) electrons. The maximum Gasteiger partial charge on any atom is 0.119 e. The molecular weight excluding hydrogens is 336 g/mol. The largest absolute Gasteiger partial charge is 0.491 e. The molecule has 1 fully saturated rings. The summed E-state index contributed by atoms with van der Waals surface area (Å²) in [4.78, 5) is 4.81. The number of rotatable bonds is 7. The topological polar surface area (TPSA) is 35.9 Å². The van der Waals surface area contributed by atoms with Gasteiger partial charge in [-0.3, -0.25) is 9.80 Å². The third-order valence-electron chi connectivity index (χ3n) is 5.62. The van der Waals surface area contributed by atoms with Crippen molar-refractivity contribution in [3.63, 3.8) is 0 Å². The molecule has 4 rings (SSSR count). The highest BCUT2D eigenvalue weighted by atomic mass is 16.5. The molecule has 0 aromatic heterocycles. The van der Waals surface area contributed by atoms with Crippen LogP contribution >= 0.6 is 0 Å². The smallest absolute Gasteiger partial charge is 0.119 e. The summed E-state index contributed by atoms with van der Waals surface area (Å²) in [7, 11) is 0. The van der Waals surface area contributed by atoms with Crippen LogP contribution in [0.15, 0.2) is 48.5 Å². The molecule has 1 N–H and O–H groups in total. The third-order valence-corrected chi connectivity index (χ3v) is 5.62. The summed E-state index contributed by atoms with van der Waals surface area (Å²) in [5.74, 6) is 0.856. The van der Waals surface area contributed by atoms with Gasteiger partial charge in [0.15, 0.2) is 0 Å². The number of aliphatic hydroxyl groups is 1. The van der Waals surface area contributed by atoms with Crippen LogP contribution in [0.3, 0.4) is 0 Å². The fourth-order valence-corrected chi connectivity index (χ4v) is 4.19. The van der Waals surface area contributed by atoms with Crippen molar-refractivity contribution in [2.45, 2.75) is 38.5 Å². The van der Waals surface area contributed by atoms with Crippen molar-refractivity contribution in [1.82, 2.24) is 9.80 Å². The van der Waals surface area contributed by atoms with Crippen molar-refractivity contribution in [3.05, 3.63) is 65.2 Å². The molecule has 0 aliphatic carbocycles. The maximum atomic E-state index is 10.4. The van der Waals surface area contributed by atoms with Crippen LogP contribution in [0, 0.1) is 0 Å². The first kappa shape index (κ1) is 18.5. The van der Waals surface area contributed by atoms with E-state index in [1.807, 2.05) is 6.07 Å². The van der Waals surface area contributed by atoms with Gasteiger partial charge in [0.05, 0.1) is 0 Å². The molecule has 144 valence electrons. The van der Waals surface area contributed by atoms with Gasteiger partial charge in [0.2, 0.25) is 0 Å². The molecule has 2 aliphatic rings. The summed E-state index contributed by atoms with van der Waals surface area (Å²) in [6.45, 7) is 6.30. The van der Waals surface area contributed by atoms with E-state index in [0.29, 0.717) is 13.2 Å². The van der Waals surface area contributed by atoms with Crippen molar-refractivity contribution >= 4 is 0 Å². The Morgan fingerprint density at radius 2 is 1.74 bits per heavy atom. The Morgan fingerprint density at radius 3 is 2.59 bits per heavy atom. The molecule has 0 saturated carbocycles. The minimum absolute atomic E-state index is 0.339. The summed E-state index contributed by atoms with van der Waals surface area (Å²) in [5, 5.41) is 10.4. The molecule has 1 saturated heterocycles. The van der Waals surface area contributed by atoms with Crippen molar-refractivity contribution in [2.75, 3.05) is 32.8 Å². The Kier molecular flexibility index (Phi) is 6.07. The van der Waals surface area contributed by atoms with Crippen LogP contribution in [-0.4, -0.2) is 53.8 Å². The summed E-state index contributed by atoms with van der Waals surface area (Å²) in [6.07, 6.45) is 3.20. The van der Waals surface area contributed by atoms with Gasteiger partial charge >= 0.3 is 0 Å². The summed E-state index contributed by atoms with van der Waals surface area (Å²) in [6, 6.07) is 16.9. The second-order valence-corrected chi connectivity index (χ2v) is 7.85. The van der Waals surface area contributed by atoms with Gasteiger partial charge in [-0.05, 0) is 61.2 Å². The van der Waals surface area contributed by atoms with Gasteiger partial charge in [-0.15, -0.1) is 0 Å². The molecule has 2 aliphatic heterocycles. The van der Waals surface area contributed by atoms with E-state index in [2.05, 4.69) is 52.3 Å². The molecule has 27 heavy (non-hydrogen) atoms. The highest BCUT2D eigenvalue weighted by molar-refractivity contribution is 5.29. The van der Waals surface area contributed by atoms with Crippen molar-refractivity contribution in [1.29, 1.82) is 0 Å². The summed E-state index contributed by atoms with van der Waals surface area (Å²) in [5.41, 5.74) is 4.11. The molecule has 1 atom stereocenters. The Morgan fingerprint density at radius 1 is 0.926 bits per heavy atom. The fourth-order valence-electron chi connectivity index (χ4n) is 4.19. The lowest BCUT2D eigenvalue weighted by molar-refractivity contribution is 0.0637. The van der Waals surface area contributed by atoms with Crippen molar-refractivity contribution in [3.8, 4) is 5.75 Å². The van der Waals surface area contributed by atoms with E-state index in [9.17, 15) is 5.11 Å². The van der Waals surface area contributed by atoms with E-state index >= 15 is 0 Å². The molecule has 0 bridgehead atoms. The number of hydrogen-bond donors (Lipinski definition) is 1. The molecule has 4 heteroatoms. The predicted octanol–water partition coefficient (Wildman–Crippen LogP) is 3.08. The molecule has 2 aromatic rings. The van der Waals surface area contributed by atoms with Gasteiger partial charge in [0.25, 0.3) is 0 Å². The number of likely N-dealkylation sites (tertiary alicyclic amines) is 1. The lowest BCUT2D eigenvalue weighted by Crippen LogP contribution is -2.38. The van der Waals surface area contributed by atoms with Crippen LogP contribution < -0.4 is 4.74 Å². The van der Waals surface area contributed by atoms with Crippen molar-refractivity contribution in [2.24, 2.45) is 0 Å². The van der Waals surface area contributed by atoms with E-state index in [-0.39, 0.29) is 0 Å². The zero-order valence-electron chi connectivity index (χ0n) is 16.0. The molecular formula is C23H30N2O2. The van der Waals surface area contributed by atoms with E-state index in [1.165, 1.54) is 42.6 Å². The third kappa shape index (κ3) is 5.10. The average molecular weight is 367 g/mol. The highest BCUT2D eigenvalue weighted by Crippen LogP contribution is 2.20. The molecule has 4 nitrogen and oxygen atoms in total. The number of ether oxygens (including phenoxy) is 1. The zero-order chi connectivity index (χ0) is 18.5. The van der Waals surface area contributed by atoms with E-state index in [1.54, 1.807) is 0 Å². The molecule has 2 heterocycles. The van der Waals surface area contributed by atoms with E-state index < -0.39 is 6.10 Å². The first-order valence-electron chi connectivity index (χ1n) is 10.2. The number of nitrogens with zero attached hydrogens (tertiary/aromatic N) is 2. The molecule has 2 aromatic carbocycles. The van der Waals surface area contributed by atoms with Gasteiger partial charge in [-0.2, -0.15) is 0 Å². The number of fused-ring (bicyclic) bond motifs is 1. The van der Waals surface area contributed by atoms with Crippen LogP contribution in [0.4, 0.5) is 0 Å². The second kappa shape index (κ2) is 8.87. The molecule has 0 spiro atoms. The van der Waals surface area contributed by atoms with Crippen LogP contribution in [0.5, 0.6) is 5.75 Å². The Bertz CT molecular complexity index is 743. The number of hydrogen-bond acceptors (Lipinski definition) is 4. The predicted molar refractivity (Wildman–Crippen MR) is 108 cm³/mol. The Labute approximate surface area is 162 Å². The fraction of sp³-hybridized carbons (Fsp3) is 0.478. The SMILES string of the molecule is OC(COc1cccc(CN2CCCC2)c1)CN1CCc2ccccc2C1. The van der Waals surface area contributed by atoms with Gasteiger partial charge in [0.1, 0.15) is 18.5 Å². The van der Waals surface area contributed by atoms with E-state index in [0.717, 1.165) is 31.8 Å². The first-order chi connectivity index (χ1) is 13.3. The van der Waals surface area contributed by atoms with Gasteiger partial charge < -0.3 is 9.84 Å². The van der Waals surface area contributed by atoms with E-state index in [4.69, 9.17) is 4.74 Å². The lowest BCUT2D eigenvalue weighted by atomic mass is 10.00.